The Bertz CT molecular complexity index is 892. The number of hydrogen-bond donors (Lipinski definition) is 1. The van der Waals surface area contributed by atoms with Crippen molar-refractivity contribution in [1.82, 2.24) is 24.3 Å². The van der Waals surface area contributed by atoms with Gasteiger partial charge in [-0.05, 0) is 24.5 Å². The second-order valence-corrected chi connectivity index (χ2v) is 7.26. The molecule has 3 heterocycles. The summed E-state index contributed by atoms with van der Waals surface area (Å²) < 4.78 is 17.9. The van der Waals surface area contributed by atoms with Crippen molar-refractivity contribution in [2.24, 2.45) is 5.41 Å². The maximum absolute atomic E-state index is 14.7. The molecule has 0 fully saturated rings. The fraction of sp³-hybridized carbons (Fsp3) is 0.389. The van der Waals surface area contributed by atoms with E-state index in [-0.39, 0.29) is 17.2 Å². The number of carbonyl (C=O) groups excluding carboxylic acids is 1. The predicted octanol–water partition coefficient (Wildman–Crippen LogP) is 2.82. The molecule has 0 unspecified atom stereocenters. The Morgan fingerprint density at radius 3 is 2.72 bits per heavy atom. The van der Waals surface area contributed by atoms with Crippen molar-refractivity contribution in [2.45, 2.75) is 40.3 Å². The number of halogens is 1. The molecule has 7 heteroatoms. The lowest BCUT2D eigenvalue weighted by molar-refractivity contribution is 0.0883. The van der Waals surface area contributed by atoms with Gasteiger partial charge in [0.25, 0.3) is 5.91 Å². The van der Waals surface area contributed by atoms with Crippen LogP contribution in [0.2, 0.25) is 0 Å². The summed E-state index contributed by atoms with van der Waals surface area (Å²) in [6, 6.07) is 5.03. The molecule has 1 amide bonds. The van der Waals surface area contributed by atoms with Crippen molar-refractivity contribution >= 4 is 11.6 Å². The maximum Gasteiger partial charge on any atom is 0.274 e. The number of aromatic nitrogens is 4. The van der Waals surface area contributed by atoms with E-state index in [1.54, 1.807) is 37.6 Å². The standard InChI is InChI=1S/C18H22FN5O/c1-12-6-5-7-14-22-15(16(19)24(12)14)17(25)21-13(18(2,3)4)10-23-9-8-20-11-23/h5-9,11,13H,10H2,1-4H3,(H,21,25)/t13-/m0/s1. The van der Waals surface area contributed by atoms with Gasteiger partial charge in [0.05, 0.1) is 12.4 Å². The monoisotopic (exact) mass is 343 g/mol. The Morgan fingerprint density at radius 1 is 1.36 bits per heavy atom. The average molecular weight is 343 g/mol. The fourth-order valence-electron chi connectivity index (χ4n) is 2.73. The van der Waals surface area contributed by atoms with E-state index in [4.69, 9.17) is 0 Å². The lowest BCUT2D eigenvalue weighted by atomic mass is 9.86. The first-order valence-corrected chi connectivity index (χ1v) is 8.17. The molecule has 0 aliphatic rings. The molecule has 6 nitrogen and oxygen atoms in total. The van der Waals surface area contributed by atoms with E-state index in [9.17, 15) is 9.18 Å². The first-order valence-electron chi connectivity index (χ1n) is 8.17. The minimum Gasteiger partial charge on any atom is -0.345 e. The van der Waals surface area contributed by atoms with Gasteiger partial charge in [0.1, 0.15) is 5.65 Å². The summed E-state index contributed by atoms with van der Waals surface area (Å²) >= 11 is 0. The third kappa shape index (κ3) is 3.40. The highest BCUT2D eigenvalue weighted by molar-refractivity contribution is 5.93. The van der Waals surface area contributed by atoms with Gasteiger partial charge >= 0.3 is 0 Å². The SMILES string of the molecule is Cc1cccc2nc(C(=O)N[C@@H](Cn3ccnc3)C(C)(C)C)c(F)n12. The van der Waals surface area contributed by atoms with Crippen LogP contribution in [0.1, 0.15) is 37.0 Å². The van der Waals surface area contributed by atoms with E-state index in [2.05, 4.69) is 15.3 Å². The van der Waals surface area contributed by atoms with Gasteiger partial charge in [0, 0.05) is 24.6 Å². The van der Waals surface area contributed by atoms with E-state index >= 15 is 0 Å². The average Bonchev–Trinajstić information content (AvgIpc) is 3.14. The molecule has 0 saturated heterocycles. The van der Waals surface area contributed by atoms with Gasteiger partial charge in [-0.2, -0.15) is 4.39 Å². The minimum absolute atomic E-state index is 0.186. The third-order valence-corrected chi connectivity index (χ3v) is 4.30. The van der Waals surface area contributed by atoms with Crippen LogP contribution in [0.25, 0.3) is 5.65 Å². The van der Waals surface area contributed by atoms with Crippen LogP contribution in [0.3, 0.4) is 0 Å². The Hall–Kier alpha value is -2.70. The van der Waals surface area contributed by atoms with Crippen molar-refractivity contribution in [2.75, 3.05) is 0 Å². The van der Waals surface area contributed by atoms with Crippen LogP contribution in [-0.2, 0) is 6.54 Å². The molecule has 25 heavy (non-hydrogen) atoms. The maximum atomic E-state index is 14.7. The van der Waals surface area contributed by atoms with Crippen LogP contribution in [0, 0.1) is 18.3 Å². The predicted molar refractivity (Wildman–Crippen MR) is 92.8 cm³/mol. The molecule has 0 aliphatic carbocycles. The molecule has 0 aliphatic heterocycles. The van der Waals surface area contributed by atoms with Crippen LogP contribution in [0.15, 0.2) is 36.9 Å². The summed E-state index contributed by atoms with van der Waals surface area (Å²) in [5.74, 6) is -1.15. The van der Waals surface area contributed by atoms with Gasteiger partial charge in [-0.3, -0.25) is 9.20 Å². The number of imidazole rings is 2. The lowest BCUT2D eigenvalue weighted by Gasteiger charge is -2.31. The number of nitrogens with zero attached hydrogens (tertiary/aromatic N) is 4. The molecule has 0 spiro atoms. The Morgan fingerprint density at radius 2 is 2.12 bits per heavy atom. The molecule has 3 aromatic heterocycles. The molecular weight excluding hydrogens is 321 g/mol. The van der Waals surface area contributed by atoms with Gasteiger partial charge in [0.15, 0.2) is 5.69 Å². The van der Waals surface area contributed by atoms with Crippen molar-refractivity contribution in [3.63, 3.8) is 0 Å². The van der Waals surface area contributed by atoms with Gasteiger partial charge < -0.3 is 9.88 Å². The highest BCUT2D eigenvalue weighted by Crippen LogP contribution is 2.22. The quantitative estimate of drug-likeness (QED) is 0.792. The molecule has 1 N–H and O–H groups in total. The number of aryl methyl sites for hydroxylation is 1. The fourth-order valence-corrected chi connectivity index (χ4v) is 2.73. The summed E-state index contributed by atoms with van der Waals surface area (Å²) in [7, 11) is 0. The molecule has 3 rings (SSSR count). The van der Waals surface area contributed by atoms with Gasteiger partial charge in [-0.25, -0.2) is 9.97 Å². The first-order chi connectivity index (χ1) is 11.8. The van der Waals surface area contributed by atoms with Gasteiger partial charge in [-0.1, -0.05) is 26.8 Å². The van der Waals surface area contributed by atoms with Crippen LogP contribution >= 0.6 is 0 Å². The zero-order chi connectivity index (χ0) is 18.2. The van der Waals surface area contributed by atoms with E-state index in [0.29, 0.717) is 17.9 Å². The molecule has 132 valence electrons. The highest BCUT2D eigenvalue weighted by Gasteiger charge is 2.29. The van der Waals surface area contributed by atoms with Gasteiger partial charge in [0.2, 0.25) is 5.95 Å². The van der Waals surface area contributed by atoms with E-state index in [1.165, 1.54) is 4.40 Å². The molecule has 1 atom stereocenters. The number of fused-ring (bicyclic) bond motifs is 1. The van der Waals surface area contributed by atoms with E-state index in [0.717, 1.165) is 0 Å². The molecule has 3 aromatic rings. The summed E-state index contributed by atoms with van der Waals surface area (Å²) in [4.78, 5) is 20.9. The summed E-state index contributed by atoms with van der Waals surface area (Å²) in [5, 5.41) is 2.93. The summed E-state index contributed by atoms with van der Waals surface area (Å²) in [6.07, 6.45) is 5.21. The smallest absolute Gasteiger partial charge is 0.274 e. The molecule has 0 radical (unpaired) electrons. The van der Waals surface area contributed by atoms with E-state index in [1.807, 2.05) is 31.5 Å². The Labute approximate surface area is 145 Å². The highest BCUT2D eigenvalue weighted by atomic mass is 19.1. The second kappa shape index (κ2) is 6.31. The number of pyridine rings is 1. The number of rotatable bonds is 4. The van der Waals surface area contributed by atoms with Crippen molar-refractivity contribution in [3.8, 4) is 0 Å². The number of nitrogens with one attached hydrogen (secondary N) is 1. The number of hydrogen-bond acceptors (Lipinski definition) is 3. The Kier molecular flexibility index (Phi) is 4.32. The van der Waals surface area contributed by atoms with Crippen molar-refractivity contribution in [1.29, 1.82) is 0 Å². The lowest BCUT2D eigenvalue weighted by Crippen LogP contribution is -2.46. The molecule has 0 bridgehead atoms. The normalized spacial score (nSPS) is 13.2. The zero-order valence-corrected chi connectivity index (χ0v) is 14.8. The second-order valence-electron chi connectivity index (χ2n) is 7.26. The van der Waals surface area contributed by atoms with Crippen molar-refractivity contribution in [3.05, 3.63) is 54.3 Å². The largest absolute Gasteiger partial charge is 0.345 e. The first kappa shape index (κ1) is 17.1. The minimum atomic E-state index is -0.638. The summed E-state index contributed by atoms with van der Waals surface area (Å²) in [6.45, 7) is 8.40. The topological polar surface area (TPSA) is 64.2 Å². The Balaban J connectivity index is 1.89. The van der Waals surface area contributed by atoms with E-state index < -0.39 is 11.9 Å². The van der Waals surface area contributed by atoms with Crippen LogP contribution in [0.5, 0.6) is 0 Å². The molecule has 0 aromatic carbocycles. The van der Waals surface area contributed by atoms with Crippen molar-refractivity contribution < 1.29 is 9.18 Å². The van der Waals surface area contributed by atoms with Crippen LogP contribution in [-0.4, -0.2) is 30.9 Å². The van der Waals surface area contributed by atoms with Crippen LogP contribution in [0.4, 0.5) is 4.39 Å². The summed E-state index contributed by atoms with van der Waals surface area (Å²) in [5.41, 5.74) is 0.706. The molecular formula is C18H22FN5O. The number of amides is 1. The van der Waals surface area contributed by atoms with Crippen LogP contribution < -0.4 is 5.32 Å². The van der Waals surface area contributed by atoms with Gasteiger partial charge in [-0.15, -0.1) is 0 Å². The number of carbonyl (C=O) groups is 1. The third-order valence-electron chi connectivity index (χ3n) is 4.30. The zero-order valence-electron chi connectivity index (χ0n) is 14.8. The molecule has 0 saturated carbocycles.